The fraction of sp³-hybridized carbons (Fsp3) is 0.161. The van der Waals surface area contributed by atoms with Crippen LogP contribution in [0.15, 0.2) is 78.9 Å². The van der Waals surface area contributed by atoms with Gasteiger partial charge < -0.3 is 14.8 Å². The van der Waals surface area contributed by atoms with Crippen LogP contribution in [0.2, 0.25) is 5.02 Å². The molecule has 0 aliphatic rings. The Kier molecular flexibility index (Phi) is 9.00. The highest BCUT2D eigenvalue weighted by Gasteiger charge is 2.25. The van der Waals surface area contributed by atoms with Gasteiger partial charge >= 0.3 is 5.97 Å². The van der Waals surface area contributed by atoms with Crippen molar-refractivity contribution in [2.75, 3.05) is 11.9 Å². The average Bonchev–Trinajstić information content (AvgIpc) is 3.23. The summed E-state index contributed by atoms with van der Waals surface area (Å²) in [6.07, 6.45) is 3.15. The molecule has 0 unspecified atom stereocenters. The molecule has 1 amide bonds. The number of anilines is 1. The Balaban J connectivity index is 1.45. The lowest BCUT2D eigenvalue weighted by molar-refractivity contribution is -0.111. The van der Waals surface area contributed by atoms with Crippen LogP contribution in [0.25, 0.3) is 17.2 Å². The second kappa shape index (κ2) is 12.6. The average molecular weight is 546 g/mol. The number of hydrogen-bond donors (Lipinski definition) is 1. The molecule has 0 saturated heterocycles. The summed E-state index contributed by atoms with van der Waals surface area (Å²) in [5.41, 5.74) is 5.05. The molecule has 0 fully saturated rings. The largest absolute Gasteiger partial charge is 0.489 e. The Morgan fingerprint density at radius 3 is 2.29 bits per heavy atom. The maximum Gasteiger partial charge on any atom is 0.341 e. The number of halogens is 1. The van der Waals surface area contributed by atoms with E-state index in [1.54, 1.807) is 25.1 Å². The number of ether oxygens (including phenoxy) is 2. The molecule has 1 heterocycles. The Labute approximate surface area is 231 Å². The molecule has 1 N–H and O–H groups in total. The summed E-state index contributed by atoms with van der Waals surface area (Å²) in [7, 11) is 0. The molecule has 0 spiro atoms. The molecule has 1 aromatic heterocycles. The molecule has 0 radical (unpaired) electrons. The van der Waals surface area contributed by atoms with Crippen LogP contribution < -0.4 is 10.1 Å². The number of thiophene rings is 1. The summed E-state index contributed by atoms with van der Waals surface area (Å²) in [6.45, 7) is 6.42. The van der Waals surface area contributed by atoms with Crippen LogP contribution in [-0.4, -0.2) is 18.5 Å². The van der Waals surface area contributed by atoms with Crippen LogP contribution in [0.3, 0.4) is 0 Å². The maximum atomic E-state index is 12.9. The Morgan fingerprint density at radius 2 is 1.63 bits per heavy atom. The van der Waals surface area contributed by atoms with Crippen molar-refractivity contribution < 1.29 is 19.1 Å². The zero-order chi connectivity index (χ0) is 27.1. The molecule has 0 saturated carbocycles. The van der Waals surface area contributed by atoms with Crippen molar-refractivity contribution >= 4 is 45.9 Å². The minimum atomic E-state index is -0.484. The lowest BCUT2D eigenvalue weighted by atomic mass is 10.0. The molecule has 0 bridgehead atoms. The van der Waals surface area contributed by atoms with E-state index < -0.39 is 5.97 Å². The number of benzene rings is 3. The summed E-state index contributed by atoms with van der Waals surface area (Å²) in [4.78, 5) is 26.5. The molecule has 0 aliphatic heterocycles. The van der Waals surface area contributed by atoms with Gasteiger partial charge in [-0.15, -0.1) is 11.3 Å². The van der Waals surface area contributed by atoms with Gasteiger partial charge in [-0.3, -0.25) is 4.79 Å². The van der Waals surface area contributed by atoms with E-state index in [0.717, 1.165) is 32.9 Å². The van der Waals surface area contributed by atoms with Crippen molar-refractivity contribution in [1.29, 1.82) is 0 Å². The van der Waals surface area contributed by atoms with Gasteiger partial charge in [-0.2, -0.15) is 0 Å². The van der Waals surface area contributed by atoms with E-state index in [-0.39, 0.29) is 12.5 Å². The van der Waals surface area contributed by atoms with E-state index in [4.69, 9.17) is 21.1 Å². The van der Waals surface area contributed by atoms with Gasteiger partial charge in [0.2, 0.25) is 5.91 Å². The van der Waals surface area contributed by atoms with Gasteiger partial charge in [0.15, 0.2) is 0 Å². The molecule has 7 heteroatoms. The first-order valence-corrected chi connectivity index (χ1v) is 13.4. The fourth-order valence-electron chi connectivity index (χ4n) is 3.85. The first kappa shape index (κ1) is 27.2. The standard InChI is InChI=1S/C31H28ClNO4S/c1-4-36-31(35)29-28(24-12-14-25(32)15-13-24)21(3)38-30(29)33-27(34)18-11-22-9-16-26(17-10-22)37-19-23-7-5-20(2)6-8-23/h5-18H,4,19H2,1-3H3,(H,33,34). The third-order valence-electron chi connectivity index (χ3n) is 5.77. The summed E-state index contributed by atoms with van der Waals surface area (Å²) >= 11 is 7.38. The number of amides is 1. The van der Waals surface area contributed by atoms with Crippen LogP contribution in [0.1, 0.15) is 38.8 Å². The molecular weight excluding hydrogens is 518 g/mol. The minimum Gasteiger partial charge on any atom is -0.489 e. The van der Waals surface area contributed by atoms with Gasteiger partial charge in [0.1, 0.15) is 22.9 Å². The summed E-state index contributed by atoms with van der Waals surface area (Å²) in [5, 5.41) is 3.90. The quantitative estimate of drug-likeness (QED) is 0.170. The molecule has 38 heavy (non-hydrogen) atoms. The molecule has 0 atom stereocenters. The number of carbonyl (C=O) groups is 2. The molecule has 5 nitrogen and oxygen atoms in total. The number of rotatable bonds is 9. The smallest absolute Gasteiger partial charge is 0.341 e. The van der Waals surface area contributed by atoms with Crippen molar-refractivity contribution in [2.24, 2.45) is 0 Å². The van der Waals surface area contributed by atoms with Gasteiger partial charge in [-0.25, -0.2) is 4.79 Å². The number of esters is 1. The molecular formula is C31H28ClNO4S. The zero-order valence-corrected chi connectivity index (χ0v) is 23.0. The van der Waals surface area contributed by atoms with E-state index in [1.165, 1.54) is 23.0 Å². The van der Waals surface area contributed by atoms with Gasteiger partial charge in [0, 0.05) is 21.5 Å². The van der Waals surface area contributed by atoms with Crippen LogP contribution >= 0.6 is 22.9 Å². The molecule has 0 aliphatic carbocycles. The topological polar surface area (TPSA) is 64.6 Å². The van der Waals surface area contributed by atoms with Gasteiger partial charge in [0.25, 0.3) is 0 Å². The highest BCUT2D eigenvalue weighted by molar-refractivity contribution is 7.17. The van der Waals surface area contributed by atoms with Gasteiger partial charge in [-0.1, -0.05) is 65.7 Å². The Bertz CT molecular complexity index is 1440. The molecule has 4 rings (SSSR count). The number of carbonyl (C=O) groups excluding carboxylic acids is 2. The van der Waals surface area contributed by atoms with E-state index in [2.05, 4.69) is 24.4 Å². The molecule has 4 aromatic rings. The number of hydrogen-bond acceptors (Lipinski definition) is 5. The van der Waals surface area contributed by atoms with E-state index in [0.29, 0.717) is 22.2 Å². The van der Waals surface area contributed by atoms with Crippen LogP contribution in [0.4, 0.5) is 5.00 Å². The first-order valence-electron chi connectivity index (χ1n) is 12.2. The van der Waals surface area contributed by atoms with E-state index in [1.807, 2.05) is 55.5 Å². The summed E-state index contributed by atoms with van der Waals surface area (Å²) in [6, 6.07) is 22.9. The first-order chi connectivity index (χ1) is 18.3. The second-order valence-electron chi connectivity index (χ2n) is 8.63. The highest BCUT2D eigenvalue weighted by atomic mass is 35.5. The van der Waals surface area contributed by atoms with E-state index in [9.17, 15) is 9.59 Å². The predicted octanol–water partition coefficient (Wildman–Crippen LogP) is 8.09. The summed E-state index contributed by atoms with van der Waals surface area (Å²) in [5.74, 6) is -0.0866. The van der Waals surface area contributed by atoms with Crippen molar-refractivity contribution in [3.05, 3.63) is 111 Å². The third-order valence-corrected chi connectivity index (χ3v) is 7.04. The summed E-state index contributed by atoms with van der Waals surface area (Å²) < 4.78 is 11.2. The third kappa shape index (κ3) is 6.91. The molecule has 3 aromatic carbocycles. The predicted molar refractivity (Wildman–Crippen MR) is 155 cm³/mol. The number of nitrogens with one attached hydrogen (secondary N) is 1. The normalized spacial score (nSPS) is 10.9. The van der Waals surface area contributed by atoms with Crippen LogP contribution in [-0.2, 0) is 16.1 Å². The Hall–Kier alpha value is -3.87. The second-order valence-corrected chi connectivity index (χ2v) is 10.3. The maximum absolute atomic E-state index is 12.9. The zero-order valence-electron chi connectivity index (χ0n) is 21.4. The fourth-order valence-corrected chi connectivity index (χ4v) is 5.04. The number of aryl methyl sites for hydroxylation is 2. The van der Waals surface area contributed by atoms with Crippen molar-refractivity contribution in [3.8, 4) is 16.9 Å². The van der Waals surface area contributed by atoms with E-state index >= 15 is 0 Å². The lowest BCUT2D eigenvalue weighted by Crippen LogP contribution is -2.12. The monoisotopic (exact) mass is 545 g/mol. The van der Waals surface area contributed by atoms with Crippen molar-refractivity contribution in [2.45, 2.75) is 27.4 Å². The Morgan fingerprint density at radius 1 is 0.947 bits per heavy atom. The molecule has 194 valence electrons. The van der Waals surface area contributed by atoms with Gasteiger partial charge in [-0.05, 0) is 67.8 Å². The minimum absolute atomic E-state index is 0.228. The van der Waals surface area contributed by atoms with Gasteiger partial charge in [0.05, 0.1) is 6.61 Å². The van der Waals surface area contributed by atoms with Crippen molar-refractivity contribution in [1.82, 2.24) is 0 Å². The van der Waals surface area contributed by atoms with Crippen LogP contribution in [0, 0.1) is 13.8 Å². The van der Waals surface area contributed by atoms with Crippen LogP contribution in [0.5, 0.6) is 5.75 Å². The highest BCUT2D eigenvalue weighted by Crippen LogP contribution is 2.40. The lowest BCUT2D eigenvalue weighted by Gasteiger charge is -2.09. The SMILES string of the molecule is CCOC(=O)c1c(NC(=O)C=Cc2ccc(OCc3ccc(C)cc3)cc2)sc(C)c1-c1ccc(Cl)cc1. The van der Waals surface area contributed by atoms with Crippen molar-refractivity contribution in [3.63, 3.8) is 0 Å².